The molecule has 0 saturated heterocycles. The maximum absolute atomic E-state index is 4.50. The SMILES string of the molecule is CCCC(C)c1ccc(C(C)S)c2nsnc12. The fourth-order valence-corrected chi connectivity index (χ4v) is 3.02. The predicted molar refractivity (Wildman–Crippen MR) is 78.1 cm³/mol. The van der Waals surface area contributed by atoms with Gasteiger partial charge in [0.1, 0.15) is 11.0 Å². The number of thiol groups is 1. The number of nitrogens with zero attached hydrogens (tertiary/aromatic N) is 2. The van der Waals surface area contributed by atoms with Gasteiger partial charge < -0.3 is 0 Å². The van der Waals surface area contributed by atoms with Crippen molar-refractivity contribution in [2.24, 2.45) is 0 Å². The molecule has 17 heavy (non-hydrogen) atoms. The van der Waals surface area contributed by atoms with Crippen molar-refractivity contribution in [1.82, 2.24) is 8.75 Å². The summed E-state index contributed by atoms with van der Waals surface area (Å²) >= 11 is 5.80. The lowest BCUT2D eigenvalue weighted by molar-refractivity contribution is 0.668. The molecule has 0 aliphatic rings. The molecule has 92 valence electrons. The van der Waals surface area contributed by atoms with Crippen LogP contribution in [0.5, 0.6) is 0 Å². The highest BCUT2D eigenvalue weighted by Crippen LogP contribution is 2.33. The first-order valence-electron chi connectivity index (χ1n) is 6.08. The van der Waals surface area contributed by atoms with Crippen molar-refractivity contribution >= 4 is 35.4 Å². The summed E-state index contributed by atoms with van der Waals surface area (Å²) in [6.07, 6.45) is 2.40. The van der Waals surface area contributed by atoms with Gasteiger partial charge in [0, 0.05) is 5.25 Å². The topological polar surface area (TPSA) is 25.8 Å². The molecule has 0 N–H and O–H groups in total. The number of rotatable bonds is 4. The Morgan fingerprint density at radius 2 is 1.76 bits per heavy atom. The highest BCUT2D eigenvalue weighted by atomic mass is 32.1. The van der Waals surface area contributed by atoms with Crippen LogP contribution in [0.15, 0.2) is 12.1 Å². The van der Waals surface area contributed by atoms with Crippen molar-refractivity contribution in [3.8, 4) is 0 Å². The molecule has 2 aromatic rings. The van der Waals surface area contributed by atoms with E-state index in [1.54, 1.807) is 0 Å². The summed E-state index contributed by atoms with van der Waals surface area (Å²) in [6, 6.07) is 4.36. The number of benzene rings is 1. The van der Waals surface area contributed by atoms with Gasteiger partial charge in [0.2, 0.25) is 0 Å². The molecular formula is C13H18N2S2. The molecule has 0 radical (unpaired) electrons. The van der Waals surface area contributed by atoms with E-state index in [1.807, 2.05) is 0 Å². The minimum Gasteiger partial charge on any atom is -0.173 e. The Balaban J connectivity index is 2.53. The molecule has 0 amide bonds. The van der Waals surface area contributed by atoms with E-state index in [2.05, 4.69) is 54.3 Å². The van der Waals surface area contributed by atoms with E-state index in [4.69, 9.17) is 0 Å². The first kappa shape index (κ1) is 12.8. The van der Waals surface area contributed by atoms with Crippen LogP contribution in [0.25, 0.3) is 11.0 Å². The number of aromatic nitrogens is 2. The number of hydrogen-bond acceptors (Lipinski definition) is 4. The van der Waals surface area contributed by atoms with Crippen molar-refractivity contribution in [1.29, 1.82) is 0 Å². The first-order chi connectivity index (χ1) is 8.15. The Hall–Kier alpha value is -0.610. The second-order valence-electron chi connectivity index (χ2n) is 4.57. The van der Waals surface area contributed by atoms with E-state index >= 15 is 0 Å². The summed E-state index contributed by atoms with van der Waals surface area (Å²) in [5.74, 6) is 0.552. The van der Waals surface area contributed by atoms with E-state index in [9.17, 15) is 0 Å². The van der Waals surface area contributed by atoms with Gasteiger partial charge in [0.25, 0.3) is 0 Å². The van der Waals surface area contributed by atoms with E-state index in [1.165, 1.54) is 35.7 Å². The van der Waals surface area contributed by atoms with Gasteiger partial charge in [-0.05, 0) is 30.4 Å². The third-order valence-electron chi connectivity index (χ3n) is 3.18. The van der Waals surface area contributed by atoms with Crippen LogP contribution in [-0.4, -0.2) is 8.75 Å². The van der Waals surface area contributed by atoms with Crippen molar-refractivity contribution in [2.45, 2.75) is 44.8 Å². The summed E-state index contributed by atoms with van der Waals surface area (Å²) in [7, 11) is 0. The van der Waals surface area contributed by atoms with Crippen LogP contribution in [0.3, 0.4) is 0 Å². The maximum atomic E-state index is 4.50. The molecule has 0 fully saturated rings. The molecule has 2 rings (SSSR count). The minimum atomic E-state index is 0.205. The molecule has 2 atom stereocenters. The Morgan fingerprint density at radius 1 is 1.18 bits per heavy atom. The van der Waals surface area contributed by atoms with E-state index in [-0.39, 0.29) is 5.25 Å². The van der Waals surface area contributed by atoms with Gasteiger partial charge in [-0.2, -0.15) is 21.4 Å². The van der Waals surface area contributed by atoms with Crippen LogP contribution < -0.4 is 0 Å². The highest BCUT2D eigenvalue weighted by Gasteiger charge is 2.16. The average molecular weight is 266 g/mol. The van der Waals surface area contributed by atoms with Crippen LogP contribution >= 0.6 is 24.4 Å². The van der Waals surface area contributed by atoms with Gasteiger partial charge >= 0.3 is 0 Å². The third kappa shape index (κ3) is 2.47. The molecule has 0 aliphatic heterocycles. The quantitative estimate of drug-likeness (QED) is 0.819. The largest absolute Gasteiger partial charge is 0.173 e. The smallest absolute Gasteiger partial charge is 0.109 e. The summed E-state index contributed by atoms with van der Waals surface area (Å²) < 4.78 is 8.89. The standard InChI is InChI=1S/C13H18N2S2/c1-4-5-8(2)10-6-7-11(9(3)16)13-12(10)14-17-15-13/h6-9,16H,4-5H2,1-3H3. The van der Waals surface area contributed by atoms with E-state index < -0.39 is 0 Å². The molecular weight excluding hydrogens is 248 g/mol. The summed E-state index contributed by atoms with van der Waals surface area (Å²) in [6.45, 7) is 6.56. The number of fused-ring (bicyclic) bond motifs is 1. The first-order valence-corrected chi connectivity index (χ1v) is 7.33. The lowest BCUT2D eigenvalue weighted by Crippen LogP contribution is -1.97. The lowest BCUT2D eigenvalue weighted by atomic mass is 9.93. The van der Waals surface area contributed by atoms with Gasteiger partial charge in [-0.3, -0.25) is 0 Å². The Kier molecular flexibility index (Phi) is 4.05. The molecule has 0 bridgehead atoms. The summed E-state index contributed by atoms with van der Waals surface area (Å²) in [4.78, 5) is 0. The average Bonchev–Trinajstić information content (AvgIpc) is 2.76. The fraction of sp³-hybridized carbons (Fsp3) is 0.538. The summed E-state index contributed by atoms with van der Waals surface area (Å²) in [5.41, 5.74) is 4.63. The normalized spacial score (nSPS) is 15.1. The predicted octanol–water partition coefficient (Wildman–Crippen LogP) is 4.59. The van der Waals surface area contributed by atoms with Crippen molar-refractivity contribution < 1.29 is 0 Å². The Labute approximate surface area is 112 Å². The maximum Gasteiger partial charge on any atom is 0.109 e. The molecule has 2 unspecified atom stereocenters. The molecule has 2 nitrogen and oxygen atoms in total. The monoisotopic (exact) mass is 266 g/mol. The van der Waals surface area contributed by atoms with Crippen molar-refractivity contribution in [3.05, 3.63) is 23.3 Å². The Morgan fingerprint density at radius 3 is 2.35 bits per heavy atom. The summed E-state index contributed by atoms with van der Waals surface area (Å²) in [5, 5.41) is 0.205. The van der Waals surface area contributed by atoms with Crippen LogP contribution in [0.4, 0.5) is 0 Å². The molecule has 0 spiro atoms. The lowest BCUT2D eigenvalue weighted by Gasteiger charge is -2.13. The molecule has 4 heteroatoms. The van der Waals surface area contributed by atoms with Crippen LogP contribution in [0.1, 0.15) is 55.9 Å². The van der Waals surface area contributed by atoms with E-state index in [0.717, 1.165) is 11.0 Å². The second-order valence-corrected chi connectivity index (χ2v) is 5.87. The van der Waals surface area contributed by atoms with Gasteiger partial charge in [0.05, 0.1) is 11.7 Å². The molecule has 1 aromatic heterocycles. The van der Waals surface area contributed by atoms with Gasteiger partial charge in [-0.25, -0.2) is 0 Å². The van der Waals surface area contributed by atoms with Crippen LogP contribution in [-0.2, 0) is 0 Å². The minimum absolute atomic E-state index is 0.205. The fourth-order valence-electron chi connectivity index (χ4n) is 2.23. The third-order valence-corrected chi connectivity index (χ3v) is 3.99. The molecule has 0 saturated carbocycles. The van der Waals surface area contributed by atoms with Gasteiger partial charge in [0.15, 0.2) is 0 Å². The zero-order valence-electron chi connectivity index (χ0n) is 10.5. The highest BCUT2D eigenvalue weighted by molar-refractivity contribution is 7.80. The van der Waals surface area contributed by atoms with Gasteiger partial charge in [-0.1, -0.05) is 32.4 Å². The van der Waals surface area contributed by atoms with Gasteiger partial charge in [-0.15, -0.1) is 0 Å². The number of hydrogen-bond donors (Lipinski definition) is 1. The van der Waals surface area contributed by atoms with E-state index in [0.29, 0.717) is 5.92 Å². The Bertz CT molecular complexity index is 505. The molecule has 1 aromatic carbocycles. The van der Waals surface area contributed by atoms with Crippen LogP contribution in [0, 0.1) is 0 Å². The zero-order valence-corrected chi connectivity index (χ0v) is 12.2. The molecule has 1 heterocycles. The van der Waals surface area contributed by atoms with Crippen molar-refractivity contribution in [3.63, 3.8) is 0 Å². The van der Waals surface area contributed by atoms with Crippen molar-refractivity contribution in [2.75, 3.05) is 0 Å². The van der Waals surface area contributed by atoms with Crippen LogP contribution in [0.2, 0.25) is 0 Å². The zero-order chi connectivity index (χ0) is 12.4. The second kappa shape index (κ2) is 5.36. The molecule has 0 aliphatic carbocycles.